The Balaban J connectivity index is 2.53. The van der Waals surface area contributed by atoms with Crippen molar-refractivity contribution in [3.63, 3.8) is 0 Å². The van der Waals surface area contributed by atoms with E-state index in [1.165, 1.54) is 0 Å². The highest BCUT2D eigenvalue weighted by Gasteiger charge is 2.33. The summed E-state index contributed by atoms with van der Waals surface area (Å²) >= 11 is 0. The second kappa shape index (κ2) is 3.77. The minimum absolute atomic E-state index is 0.0949. The largest absolute Gasteiger partial charge is 0.444 e. The van der Waals surface area contributed by atoms with E-state index in [4.69, 9.17) is 10.5 Å². The maximum Gasteiger partial charge on any atom is 0.410 e. The molecule has 0 saturated carbocycles. The summed E-state index contributed by atoms with van der Waals surface area (Å²) in [7, 11) is 0. The van der Waals surface area contributed by atoms with Gasteiger partial charge in [0.15, 0.2) is 0 Å². The Morgan fingerprint density at radius 1 is 1.50 bits per heavy atom. The third-order valence-corrected chi connectivity index (χ3v) is 2.24. The summed E-state index contributed by atoms with van der Waals surface area (Å²) in [4.78, 5) is 13.4. The van der Waals surface area contributed by atoms with Crippen LogP contribution in [0.5, 0.6) is 0 Å². The molecular weight excluding hydrogens is 180 g/mol. The number of likely N-dealkylation sites (tertiary alicyclic amines) is 1. The number of ether oxygens (including phenoxy) is 1. The maximum atomic E-state index is 11.7. The molecule has 1 amide bonds. The first-order chi connectivity index (χ1) is 6.29. The van der Waals surface area contributed by atoms with E-state index in [-0.39, 0.29) is 18.2 Å². The number of carbonyl (C=O) groups excluding carboxylic acids is 1. The lowest BCUT2D eigenvalue weighted by atomic mass is 10.2. The summed E-state index contributed by atoms with van der Waals surface area (Å²) in [5.74, 6) is 0. The van der Waals surface area contributed by atoms with Gasteiger partial charge in [0, 0.05) is 18.6 Å². The summed E-state index contributed by atoms with van der Waals surface area (Å²) in [5, 5.41) is 0. The van der Waals surface area contributed by atoms with Gasteiger partial charge in [0.05, 0.1) is 0 Å². The van der Waals surface area contributed by atoms with Gasteiger partial charge in [-0.05, 0) is 34.1 Å². The van der Waals surface area contributed by atoms with Gasteiger partial charge in [-0.25, -0.2) is 4.79 Å². The van der Waals surface area contributed by atoms with E-state index in [9.17, 15) is 4.79 Å². The lowest BCUT2D eigenvalue weighted by molar-refractivity contribution is 0.0237. The molecular formula is C10H20N2O2. The molecule has 4 nitrogen and oxygen atoms in total. The zero-order chi connectivity index (χ0) is 10.9. The van der Waals surface area contributed by atoms with Crippen molar-refractivity contribution >= 4 is 6.09 Å². The molecule has 82 valence electrons. The monoisotopic (exact) mass is 200 g/mol. The molecule has 1 fully saturated rings. The molecule has 14 heavy (non-hydrogen) atoms. The molecule has 0 bridgehead atoms. The van der Waals surface area contributed by atoms with Crippen molar-refractivity contribution in [3.05, 3.63) is 0 Å². The number of hydrogen-bond donors (Lipinski definition) is 1. The second-order valence-electron chi connectivity index (χ2n) is 4.98. The van der Waals surface area contributed by atoms with Crippen molar-refractivity contribution in [3.8, 4) is 0 Å². The van der Waals surface area contributed by atoms with Crippen molar-refractivity contribution in [1.82, 2.24) is 4.90 Å². The van der Waals surface area contributed by atoms with E-state index in [1.807, 2.05) is 27.7 Å². The fraction of sp³-hybridized carbons (Fsp3) is 0.900. The van der Waals surface area contributed by atoms with Crippen molar-refractivity contribution in [1.29, 1.82) is 0 Å². The summed E-state index contributed by atoms with van der Waals surface area (Å²) < 4.78 is 5.27. The van der Waals surface area contributed by atoms with Crippen LogP contribution in [-0.2, 0) is 4.74 Å². The molecule has 0 aliphatic carbocycles. The fourth-order valence-corrected chi connectivity index (χ4v) is 1.65. The van der Waals surface area contributed by atoms with Crippen LogP contribution in [0.4, 0.5) is 4.79 Å². The third-order valence-electron chi connectivity index (χ3n) is 2.24. The first-order valence-corrected chi connectivity index (χ1v) is 5.05. The molecule has 1 rings (SSSR count). The topological polar surface area (TPSA) is 55.6 Å². The average Bonchev–Trinajstić information content (AvgIpc) is 2.26. The molecule has 1 saturated heterocycles. The average molecular weight is 200 g/mol. The first kappa shape index (κ1) is 11.3. The summed E-state index contributed by atoms with van der Waals surface area (Å²) in [5.41, 5.74) is 5.34. The van der Waals surface area contributed by atoms with Crippen molar-refractivity contribution in [2.24, 2.45) is 5.73 Å². The van der Waals surface area contributed by atoms with E-state index in [0.717, 1.165) is 6.42 Å². The van der Waals surface area contributed by atoms with E-state index in [0.29, 0.717) is 6.54 Å². The summed E-state index contributed by atoms with van der Waals surface area (Å²) in [6.07, 6.45) is 0.608. The van der Waals surface area contributed by atoms with Gasteiger partial charge >= 0.3 is 6.09 Å². The van der Waals surface area contributed by atoms with Gasteiger partial charge in [-0.15, -0.1) is 0 Å². The van der Waals surface area contributed by atoms with Crippen LogP contribution in [0.25, 0.3) is 0 Å². The molecule has 2 atom stereocenters. The smallest absolute Gasteiger partial charge is 0.410 e. The van der Waals surface area contributed by atoms with Crippen LogP contribution < -0.4 is 5.73 Å². The van der Waals surface area contributed by atoms with Gasteiger partial charge < -0.3 is 15.4 Å². The normalized spacial score (nSPS) is 27.9. The molecule has 1 aliphatic heterocycles. The molecule has 1 aliphatic rings. The van der Waals surface area contributed by atoms with E-state index in [2.05, 4.69) is 0 Å². The van der Waals surface area contributed by atoms with E-state index < -0.39 is 5.60 Å². The lowest BCUT2D eigenvalue weighted by Crippen LogP contribution is -2.39. The summed E-state index contributed by atoms with van der Waals surface area (Å²) in [6, 6.07) is 0.289. The number of carbonyl (C=O) groups is 1. The van der Waals surface area contributed by atoms with Crippen LogP contribution in [0.1, 0.15) is 34.1 Å². The number of hydrogen-bond acceptors (Lipinski definition) is 3. The van der Waals surface area contributed by atoms with Gasteiger partial charge in [-0.1, -0.05) is 0 Å². The van der Waals surface area contributed by atoms with E-state index >= 15 is 0 Å². The SMILES string of the molecule is C[C@@H]1C[C@H](N)CN1C(=O)OC(C)(C)C. The second-order valence-corrected chi connectivity index (χ2v) is 4.98. The Hall–Kier alpha value is -0.770. The fourth-order valence-electron chi connectivity index (χ4n) is 1.65. The highest BCUT2D eigenvalue weighted by atomic mass is 16.6. The Bertz CT molecular complexity index is 223. The Morgan fingerprint density at radius 2 is 2.07 bits per heavy atom. The molecule has 2 N–H and O–H groups in total. The number of rotatable bonds is 0. The van der Waals surface area contributed by atoms with E-state index in [1.54, 1.807) is 4.90 Å². The molecule has 4 heteroatoms. The van der Waals surface area contributed by atoms with Crippen LogP contribution in [0.2, 0.25) is 0 Å². The number of amides is 1. The maximum absolute atomic E-state index is 11.7. The quantitative estimate of drug-likeness (QED) is 0.642. The minimum Gasteiger partial charge on any atom is -0.444 e. The molecule has 0 radical (unpaired) electrons. The van der Waals surface area contributed by atoms with Gasteiger partial charge in [-0.2, -0.15) is 0 Å². The highest BCUT2D eigenvalue weighted by Crippen LogP contribution is 2.19. The highest BCUT2D eigenvalue weighted by molar-refractivity contribution is 5.69. The third kappa shape index (κ3) is 2.87. The number of nitrogens with zero attached hydrogens (tertiary/aromatic N) is 1. The van der Waals surface area contributed by atoms with Gasteiger partial charge in [-0.3, -0.25) is 0 Å². The Kier molecular flexibility index (Phi) is 3.04. The predicted octanol–water partition coefficient (Wildman–Crippen LogP) is 1.34. The first-order valence-electron chi connectivity index (χ1n) is 5.05. The van der Waals surface area contributed by atoms with Gasteiger partial charge in [0.25, 0.3) is 0 Å². The predicted molar refractivity (Wildman–Crippen MR) is 55.0 cm³/mol. The molecule has 0 spiro atoms. The minimum atomic E-state index is -0.427. The van der Waals surface area contributed by atoms with Crippen molar-refractivity contribution in [2.45, 2.75) is 51.8 Å². The van der Waals surface area contributed by atoms with Crippen molar-refractivity contribution in [2.75, 3.05) is 6.54 Å². The Labute approximate surface area is 85.4 Å². The van der Waals surface area contributed by atoms with Gasteiger partial charge in [0.1, 0.15) is 5.60 Å². The van der Waals surface area contributed by atoms with Gasteiger partial charge in [0.2, 0.25) is 0 Å². The molecule has 0 unspecified atom stereocenters. The van der Waals surface area contributed by atoms with Crippen LogP contribution in [-0.4, -0.2) is 35.2 Å². The molecule has 1 heterocycles. The van der Waals surface area contributed by atoms with Crippen LogP contribution in [0.3, 0.4) is 0 Å². The lowest BCUT2D eigenvalue weighted by Gasteiger charge is -2.26. The Morgan fingerprint density at radius 3 is 2.43 bits per heavy atom. The molecule has 0 aromatic heterocycles. The number of nitrogens with two attached hydrogens (primary N) is 1. The molecule has 0 aromatic rings. The zero-order valence-electron chi connectivity index (χ0n) is 9.41. The van der Waals surface area contributed by atoms with Crippen LogP contribution in [0, 0.1) is 0 Å². The van der Waals surface area contributed by atoms with Crippen molar-refractivity contribution < 1.29 is 9.53 Å². The van der Waals surface area contributed by atoms with Crippen LogP contribution >= 0.6 is 0 Å². The molecule has 0 aromatic carbocycles. The standard InChI is InChI=1S/C10H20N2O2/c1-7-5-8(11)6-12(7)9(13)14-10(2,3)4/h7-8H,5-6,11H2,1-4H3/t7-,8+/m1/s1. The zero-order valence-corrected chi connectivity index (χ0v) is 9.41. The van der Waals surface area contributed by atoms with Crippen LogP contribution in [0.15, 0.2) is 0 Å². The summed E-state index contributed by atoms with van der Waals surface area (Å²) in [6.45, 7) is 8.20.